The molecule has 5 rings (SSSR count). The zero-order valence-corrected chi connectivity index (χ0v) is 19.6. The molecule has 0 bridgehead atoms. The van der Waals surface area contributed by atoms with Crippen molar-refractivity contribution in [2.75, 3.05) is 32.8 Å². The number of pyridine rings is 1. The second-order valence-corrected chi connectivity index (χ2v) is 9.30. The van der Waals surface area contributed by atoms with Gasteiger partial charge >= 0.3 is 0 Å². The van der Waals surface area contributed by atoms with Crippen molar-refractivity contribution in [2.24, 2.45) is 0 Å². The lowest BCUT2D eigenvalue weighted by molar-refractivity contribution is 0.153. The van der Waals surface area contributed by atoms with Gasteiger partial charge < -0.3 is 23.8 Å². The summed E-state index contributed by atoms with van der Waals surface area (Å²) < 4.78 is 13.3. The van der Waals surface area contributed by atoms with E-state index in [-0.39, 0.29) is 5.56 Å². The molecule has 3 heterocycles. The molecule has 33 heavy (non-hydrogen) atoms. The summed E-state index contributed by atoms with van der Waals surface area (Å²) in [6, 6.07) is 16.8. The molecule has 2 aliphatic rings. The Morgan fingerprint density at radius 1 is 1.00 bits per heavy atom. The molecular formula is C26H32BN3O3. The Morgan fingerprint density at radius 3 is 2.58 bits per heavy atom. The number of piperidine rings is 1. The number of fused-ring (bicyclic) bond motifs is 2. The highest BCUT2D eigenvalue weighted by Gasteiger charge is 2.23. The Labute approximate surface area is 196 Å². The summed E-state index contributed by atoms with van der Waals surface area (Å²) in [4.78, 5) is 17.6. The maximum Gasteiger partial charge on any atom is 0.251 e. The second-order valence-electron chi connectivity index (χ2n) is 9.30. The molecule has 0 saturated carbocycles. The first-order valence-corrected chi connectivity index (χ1v) is 12.0. The minimum absolute atomic E-state index is 0.0975. The molecule has 2 aliphatic heterocycles. The van der Waals surface area contributed by atoms with E-state index in [2.05, 4.69) is 42.0 Å². The monoisotopic (exact) mass is 445 g/mol. The zero-order chi connectivity index (χ0) is 22.8. The fourth-order valence-electron chi connectivity index (χ4n) is 5.16. The van der Waals surface area contributed by atoms with E-state index in [0.717, 1.165) is 73.5 Å². The van der Waals surface area contributed by atoms with Crippen molar-refractivity contribution in [1.29, 1.82) is 0 Å². The van der Waals surface area contributed by atoms with Crippen LogP contribution in [0.3, 0.4) is 0 Å². The van der Waals surface area contributed by atoms with Crippen molar-refractivity contribution in [3.8, 4) is 11.5 Å². The van der Waals surface area contributed by atoms with E-state index in [9.17, 15) is 4.79 Å². The lowest BCUT2D eigenvalue weighted by atomic mass is 9.99. The minimum atomic E-state index is 0.0975. The van der Waals surface area contributed by atoms with Crippen LogP contribution in [-0.2, 0) is 13.1 Å². The van der Waals surface area contributed by atoms with Crippen LogP contribution in [0.1, 0.15) is 24.0 Å². The largest absolute Gasteiger partial charge is 0.486 e. The SMILES string of the molecule is BN(Cc1ccc2c(c1)OCCO2)C1CCN(CCn2c(=O)cc(C)c3ccccc32)CC1. The van der Waals surface area contributed by atoms with Crippen LogP contribution in [0.15, 0.2) is 53.3 Å². The number of aromatic nitrogens is 1. The summed E-state index contributed by atoms with van der Waals surface area (Å²) in [5, 5.41) is 1.16. The van der Waals surface area contributed by atoms with E-state index in [0.29, 0.717) is 19.3 Å². The van der Waals surface area contributed by atoms with Crippen LogP contribution in [0.5, 0.6) is 11.5 Å². The van der Waals surface area contributed by atoms with E-state index in [4.69, 9.17) is 9.47 Å². The topological polar surface area (TPSA) is 46.9 Å². The van der Waals surface area contributed by atoms with Crippen LogP contribution in [-0.4, -0.2) is 61.1 Å². The Bertz CT molecular complexity index is 1190. The number of nitrogens with zero attached hydrogens (tertiary/aromatic N) is 3. The number of aryl methyl sites for hydroxylation is 1. The molecule has 0 amide bonds. The van der Waals surface area contributed by atoms with Crippen molar-refractivity contribution < 1.29 is 9.47 Å². The summed E-state index contributed by atoms with van der Waals surface area (Å²) >= 11 is 0. The molecular weight excluding hydrogens is 413 g/mol. The van der Waals surface area contributed by atoms with Crippen molar-refractivity contribution in [1.82, 2.24) is 14.3 Å². The average molecular weight is 445 g/mol. The van der Waals surface area contributed by atoms with Gasteiger partial charge in [-0.1, -0.05) is 24.3 Å². The van der Waals surface area contributed by atoms with Crippen LogP contribution < -0.4 is 15.0 Å². The van der Waals surface area contributed by atoms with Gasteiger partial charge in [-0.25, -0.2) is 0 Å². The summed E-state index contributed by atoms with van der Waals surface area (Å²) in [6.45, 7) is 7.94. The molecule has 1 saturated heterocycles. The van der Waals surface area contributed by atoms with Crippen molar-refractivity contribution >= 4 is 18.9 Å². The minimum Gasteiger partial charge on any atom is -0.486 e. The maximum atomic E-state index is 12.7. The van der Waals surface area contributed by atoms with E-state index < -0.39 is 0 Å². The van der Waals surface area contributed by atoms with Crippen molar-refractivity contribution in [2.45, 2.75) is 38.9 Å². The first kappa shape index (κ1) is 22.0. The normalized spacial score (nSPS) is 17.0. The standard InChI is InChI=1S/C26H32BN3O3/c1-19-16-26(31)29(23-5-3-2-4-22(19)23)13-12-28-10-8-21(9-11-28)30(27)18-20-6-7-24-25(17-20)33-15-14-32-24/h2-7,16-17,21H,8-15,18,27H2,1H3. The van der Waals surface area contributed by atoms with Crippen LogP contribution in [0.4, 0.5) is 0 Å². The first-order chi connectivity index (χ1) is 16.1. The van der Waals surface area contributed by atoms with Gasteiger partial charge in [0.1, 0.15) is 13.2 Å². The van der Waals surface area contributed by atoms with Gasteiger partial charge in [0.2, 0.25) is 0 Å². The number of likely N-dealkylation sites (tertiary alicyclic amines) is 1. The Hall–Kier alpha value is -2.77. The predicted octanol–water partition coefficient (Wildman–Crippen LogP) is 2.60. The molecule has 172 valence electrons. The average Bonchev–Trinajstić information content (AvgIpc) is 2.84. The molecule has 0 atom stereocenters. The third kappa shape index (κ3) is 4.80. The Balaban J connectivity index is 1.16. The molecule has 0 unspecified atom stereocenters. The van der Waals surface area contributed by atoms with E-state index in [1.807, 2.05) is 29.7 Å². The molecule has 0 N–H and O–H groups in total. The smallest absolute Gasteiger partial charge is 0.251 e. The van der Waals surface area contributed by atoms with Gasteiger partial charge in [-0.15, -0.1) is 0 Å². The first-order valence-electron chi connectivity index (χ1n) is 12.0. The molecule has 1 aromatic heterocycles. The molecule has 0 radical (unpaired) electrons. The Kier molecular flexibility index (Phi) is 6.42. The molecule has 2 aromatic carbocycles. The fraction of sp³-hybridized carbons (Fsp3) is 0.423. The van der Waals surface area contributed by atoms with Crippen LogP contribution >= 0.6 is 0 Å². The van der Waals surface area contributed by atoms with Gasteiger partial charge in [-0.05, 0) is 62.2 Å². The number of ether oxygens (including phenoxy) is 2. The van der Waals surface area contributed by atoms with E-state index >= 15 is 0 Å². The molecule has 1 fully saturated rings. The fourth-order valence-corrected chi connectivity index (χ4v) is 5.16. The third-order valence-corrected chi connectivity index (χ3v) is 7.08. The quantitative estimate of drug-likeness (QED) is 0.546. The highest BCUT2D eigenvalue weighted by atomic mass is 16.6. The number of benzene rings is 2. The highest BCUT2D eigenvalue weighted by molar-refractivity contribution is 6.04. The van der Waals surface area contributed by atoms with Crippen molar-refractivity contribution in [3.63, 3.8) is 0 Å². The summed E-state index contributed by atoms with van der Waals surface area (Å²) in [7, 11) is 2.22. The van der Waals surface area contributed by atoms with Crippen LogP contribution in [0, 0.1) is 6.92 Å². The lowest BCUT2D eigenvalue weighted by Crippen LogP contribution is -2.44. The number of hydrogen-bond acceptors (Lipinski definition) is 5. The zero-order valence-electron chi connectivity index (χ0n) is 19.6. The van der Waals surface area contributed by atoms with Gasteiger partial charge in [0, 0.05) is 37.1 Å². The van der Waals surface area contributed by atoms with Crippen LogP contribution in [0.25, 0.3) is 10.9 Å². The van der Waals surface area contributed by atoms with Gasteiger partial charge in [0.25, 0.3) is 5.56 Å². The summed E-state index contributed by atoms with van der Waals surface area (Å²) in [6.07, 6.45) is 2.29. The summed E-state index contributed by atoms with van der Waals surface area (Å²) in [5.41, 5.74) is 3.44. The van der Waals surface area contributed by atoms with Crippen LogP contribution in [0.2, 0.25) is 0 Å². The summed E-state index contributed by atoms with van der Waals surface area (Å²) in [5.74, 6) is 1.71. The molecule has 3 aromatic rings. The lowest BCUT2D eigenvalue weighted by Gasteiger charge is -2.37. The van der Waals surface area contributed by atoms with E-state index in [1.165, 1.54) is 5.56 Å². The molecule has 7 heteroatoms. The molecule has 6 nitrogen and oxygen atoms in total. The Morgan fingerprint density at radius 2 is 1.76 bits per heavy atom. The van der Waals surface area contributed by atoms with Gasteiger partial charge in [-0.2, -0.15) is 0 Å². The number of para-hydroxylation sites is 1. The van der Waals surface area contributed by atoms with E-state index in [1.54, 1.807) is 6.07 Å². The third-order valence-electron chi connectivity index (χ3n) is 7.08. The highest BCUT2D eigenvalue weighted by Crippen LogP contribution is 2.31. The molecule has 0 aliphatic carbocycles. The van der Waals surface area contributed by atoms with Gasteiger partial charge in [0.15, 0.2) is 19.5 Å². The van der Waals surface area contributed by atoms with Gasteiger partial charge in [0.05, 0.1) is 5.52 Å². The molecule has 0 spiro atoms. The predicted molar refractivity (Wildman–Crippen MR) is 134 cm³/mol. The van der Waals surface area contributed by atoms with Crippen molar-refractivity contribution in [3.05, 3.63) is 70.0 Å². The maximum absolute atomic E-state index is 12.7. The number of hydrogen-bond donors (Lipinski definition) is 0. The second kappa shape index (κ2) is 9.61. The van der Waals surface area contributed by atoms with Gasteiger partial charge in [-0.3, -0.25) is 4.79 Å². The number of rotatable bonds is 6.